The van der Waals surface area contributed by atoms with Crippen LogP contribution in [0.2, 0.25) is 0 Å². The van der Waals surface area contributed by atoms with Gasteiger partial charge in [-0.2, -0.15) is 5.10 Å². The Morgan fingerprint density at radius 1 is 1.25 bits per heavy atom. The number of benzene rings is 1. The molecule has 130 valence electrons. The first-order valence-corrected chi connectivity index (χ1v) is 8.16. The maximum Gasteiger partial charge on any atom is 0.244 e. The summed E-state index contributed by atoms with van der Waals surface area (Å²) in [6, 6.07) is 5.47. The van der Waals surface area contributed by atoms with Crippen molar-refractivity contribution < 1.29 is 14.3 Å². The van der Waals surface area contributed by atoms with E-state index in [1.165, 1.54) is 17.3 Å². The maximum atomic E-state index is 12.1. The van der Waals surface area contributed by atoms with Crippen LogP contribution in [0.4, 0.5) is 0 Å². The molecule has 0 radical (unpaired) electrons. The van der Waals surface area contributed by atoms with Gasteiger partial charge in [0.2, 0.25) is 5.91 Å². The zero-order valence-corrected chi connectivity index (χ0v) is 14.4. The zero-order chi connectivity index (χ0) is 17.4. The quantitative estimate of drug-likeness (QED) is 0.760. The lowest BCUT2D eigenvalue weighted by molar-refractivity contribution is -0.124. The number of carbonyl (C=O) groups is 1. The van der Waals surface area contributed by atoms with E-state index in [2.05, 4.69) is 15.4 Å². The van der Waals surface area contributed by atoms with Crippen molar-refractivity contribution in [3.63, 3.8) is 0 Å². The molecule has 0 saturated carbocycles. The Morgan fingerprint density at radius 2 is 2.00 bits per heavy atom. The van der Waals surface area contributed by atoms with Crippen LogP contribution < -0.4 is 14.8 Å². The molecule has 1 N–H and O–H groups in total. The van der Waals surface area contributed by atoms with Gasteiger partial charge in [0, 0.05) is 6.54 Å². The fourth-order valence-electron chi connectivity index (χ4n) is 2.27. The minimum atomic E-state index is -0.383. The molecule has 1 heterocycles. The van der Waals surface area contributed by atoms with E-state index in [0.29, 0.717) is 26.2 Å². The number of nitrogens with zero attached hydrogens (tertiary/aromatic N) is 3. The van der Waals surface area contributed by atoms with Crippen molar-refractivity contribution >= 4 is 5.91 Å². The normalized spacial score (nSPS) is 11.8. The SMILES string of the molecule is CCOc1ccc(CCNC(=O)C(C)n2cncn2)cc1OCC. The van der Waals surface area contributed by atoms with E-state index < -0.39 is 0 Å². The Hall–Kier alpha value is -2.57. The number of hydrogen-bond donors (Lipinski definition) is 1. The predicted octanol–water partition coefficient (Wildman–Crippen LogP) is 2.00. The number of carbonyl (C=O) groups excluding carboxylic acids is 1. The van der Waals surface area contributed by atoms with Gasteiger partial charge < -0.3 is 14.8 Å². The van der Waals surface area contributed by atoms with Crippen LogP contribution >= 0.6 is 0 Å². The smallest absolute Gasteiger partial charge is 0.244 e. The van der Waals surface area contributed by atoms with Crippen LogP contribution in [0.3, 0.4) is 0 Å². The minimum Gasteiger partial charge on any atom is -0.490 e. The van der Waals surface area contributed by atoms with Crippen molar-refractivity contribution in [2.75, 3.05) is 19.8 Å². The summed E-state index contributed by atoms with van der Waals surface area (Å²) in [7, 11) is 0. The Labute approximate surface area is 142 Å². The number of rotatable bonds is 9. The monoisotopic (exact) mass is 332 g/mol. The molecule has 0 bridgehead atoms. The molecule has 24 heavy (non-hydrogen) atoms. The zero-order valence-electron chi connectivity index (χ0n) is 14.4. The molecule has 2 rings (SSSR count). The molecule has 1 aromatic carbocycles. The fraction of sp³-hybridized carbons (Fsp3) is 0.471. The molecule has 0 spiro atoms. The number of hydrogen-bond acceptors (Lipinski definition) is 5. The minimum absolute atomic E-state index is 0.0866. The van der Waals surface area contributed by atoms with E-state index in [1.807, 2.05) is 32.0 Å². The highest BCUT2D eigenvalue weighted by atomic mass is 16.5. The van der Waals surface area contributed by atoms with Gasteiger partial charge in [-0.05, 0) is 44.9 Å². The largest absolute Gasteiger partial charge is 0.490 e. The van der Waals surface area contributed by atoms with Crippen LogP contribution in [-0.2, 0) is 11.2 Å². The summed E-state index contributed by atoms with van der Waals surface area (Å²) in [5.41, 5.74) is 1.08. The number of aromatic nitrogens is 3. The van der Waals surface area contributed by atoms with Crippen LogP contribution in [0, 0.1) is 0 Å². The second kappa shape index (κ2) is 8.90. The molecule has 0 aliphatic heterocycles. The van der Waals surface area contributed by atoms with Gasteiger partial charge in [0.1, 0.15) is 18.7 Å². The Balaban J connectivity index is 1.89. The highest BCUT2D eigenvalue weighted by Gasteiger charge is 2.14. The van der Waals surface area contributed by atoms with Crippen molar-refractivity contribution in [2.24, 2.45) is 0 Å². The van der Waals surface area contributed by atoms with E-state index in [9.17, 15) is 4.79 Å². The third kappa shape index (κ3) is 4.71. The lowest BCUT2D eigenvalue weighted by Gasteiger charge is -2.14. The van der Waals surface area contributed by atoms with Gasteiger partial charge in [0.15, 0.2) is 11.5 Å². The van der Waals surface area contributed by atoms with Gasteiger partial charge in [0.25, 0.3) is 0 Å². The van der Waals surface area contributed by atoms with Crippen LogP contribution in [0.15, 0.2) is 30.9 Å². The molecule has 1 unspecified atom stereocenters. The molecule has 0 aliphatic rings. The predicted molar refractivity (Wildman–Crippen MR) is 90.2 cm³/mol. The molecular weight excluding hydrogens is 308 g/mol. The fourth-order valence-corrected chi connectivity index (χ4v) is 2.27. The Bertz CT molecular complexity index is 643. The first kappa shape index (κ1) is 17.8. The second-order valence-corrected chi connectivity index (χ2v) is 5.24. The van der Waals surface area contributed by atoms with Gasteiger partial charge in [-0.3, -0.25) is 4.79 Å². The maximum absolute atomic E-state index is 12.1. The standard InChI is InChI=1S/C17H24N4O3/c1-4-23-15-7-6-14(10-16(15)24-5-2)8-9-19-17(22)13(3)21-12-18-11-20-21/h6-7,10-13H,4-5,8-9H2,1-3H3,(H,19,22). The molecule has 0 saturated heterocycles. The summed E-state index contributed by atoms with van der Waals surface area (Å²) in [5, 5.41) is 6.89. The summed E-state index contributed by atoms with van der Waals surface area (Å²) in [6.45, 7) is 7.38. The molecule has 0 fully saturated rings. The van der Waals surface area contributed by atoms with Gasteiger partial charge in [0.05, 0.1) is 13.2 Å². The summed E-state index contributed by atoms with van der Waals surface area (Å²) in [6.07, 6.45) is 3.66. The molecule has 7 heteroatoms. The van der Waals surface area contributed by atoms with E-state index >= 15 is 0 Å². The van der Waals surface area contributed by atoms with Crippen molar-refractivity contribution in [2.45, 2.75) is 33.2 Å². The number of nitrogens with one attached hydrogen (secondary N) is 1. The lowest BCUT2D eigenvalue weighted by atomic mass is 10.1. The van der Waals surface area contributed by atoms with Gasteiger partial charge in [-0.15, -0.1) is 0 Å². The highest BCUT2D eigenvalue weighted by molar-refractivity contribution is 5.79. The third-order valence-corrected chi connectivity index (χ3v) is 3.53. The Kier molecular flexibility index (Phi) is 6.60. The van der Waals surface area contributed by atoms with Gasteiger partial charge in [-0.1, -0.05) is 6.07 Å². The van der Waals surface area contributed by atoms with Crippen LogP contribution in [0.5, 0.6) is 11.5 Å². The first-order chi connectivity index (χ1) is 11.7. The average molecular weight is 332 g/mol. The van der Waals surface area contributed by atoms with Crippen molar-refractivity contribution in [1.29, 1.82) is 0 Å². The van der Waals surface area contributed by atoms with Gasteiger partial charge in [-0.25, -0.2) is 9.67 Å². The van der Waals surface area contributed by atoms with Crippen LogP contribution in [0.1, 0.15) is 32.4 Å². The van der Waals surface area contributed by atoms with Crippen molar-refractivity contribution in [1.82, 2.24) is 20.1 Å². The van der Waals surface area contributed by atoms with E-state index in [0.717, 1.165) is 17.1 Å². The molecule has 1 atom stereocenters. The van der Waals surface area contributed by atoms with E-state index in [-0.39, 0.29) is 11.9 Å². The van der Waals surface area contributed by atoms with Crippen LogP contribution in [-0.4, -0.2) is 40.4 Å². The summed E-state index contributed by atoms with van der Waals surface area (Å²) < 4.78 is 12.7. The summed E-state index contributed by atoms with van der Waals surface area (Å²) >= 11 is 0. The molecule has 2 aromatic rings. The first-order valence-electron chi connectivity index (χ1n) is 8.16. The lowest BCUT2D eigenvalue weighted by Crippen LogP contribution is -2.32. The number of amides is 1. The van der Waals surface area contributed by atoms with Crippen molar-refractivity contribution in [3.05, 3.63) is 36.4 Å². The summed E-state index contributed by atoms with van der Waals surface area (Å²) in [4.78, 5) is 15.9. The van der Waals surface area contributed by atoms with E-state index in [1.54, 1.807) is 6.92 Å². The van der Waals surface area contributed by atoms with E-state index in [4.69, 9.17) is 9.47 Å². The molecule has 1 amide bonds. The Morgan fingerprint density at radius 3 is 2.67 bits per heavy atom. The summed E-state index contributed by atoms with van der Waals surface area (Å²) in [5.74, 6) is 1.39. The van der Waals surface area contributed by atoms with Crippen molar-refractivity contribution in [3.8, 4) is 11.5 Å². The topological polar surface area (TPSA) is 78.3 Å². The van der Waals surface area contributed by atoms with Gasteiger partial charge >= 0.3 is 0 Å². The number of ether oxygens (including phenoxy) is 2. The molecule has 7 nitrogen and oxygen atoms in total. The molecule has 1 aromatic heterocycles. The molecular formula is C17H24N4O3. The molecule has 0 aliphatic carbocycles. The average Bonchev–Trinajstić information content (AvgIpc) is 3.11. The highest BCUT2D eigenvalue weighted by Crippen LogP contribution is 2.28. The third-order valence-electron chi connectivity index (χ3n) is 3.53. The second-order valence-electron chi connectivity index (χ2n) is 5.24. The van der Waals surface area contributed by atoms with Crippen LogP contribution in [0.25, 0.3) is 0 Å².